The van der Waals surface area contributed by atoms with Crippen molar-refractivity contribution >= 4 is 28.6 Å². The molecule has 6 heterocycles. The standard InChI is InChI=1S/C22H22N2O.C19H20N2O.C17H19N3O2/c1-22-11-12-24(21(25)15-7-3-2-4-8-15)16(14-22)13-18-17-9-5-6-10-19(17)23-20(18)22;1-19-9-11-21(18(22)14-6-3-2-4-7-14)16(13-19)12-15-8-5-10-20-17(15)19;1-17-7-8-20(16(22)11-5-3-2-4-6-11)12(10-17)9-13-14(17)18-19-15(13)21/h2-10,16,23H,11-14H2,1H3;2-8,10,16H,9,11-13H2,1H3;2-6,12H,7-10H2,1H3,(H2,18,19,21). The molecule has 3 saturated heterocycles. The number of carbonyl (C=O) groups is 3. The Morgan fingerprint density at radius 2 is 0.986 bits per heavy atom. The lowest BCUT2D eigenvalue weighted by Crippen LogP contribution is -2.54. The van der Waals surface area contributed by atoms with Crippen LogP contribution < -0.4 is 5.56 Å². The maximum Gasteiger partial charge on any atom is 0.267 e. The second kappa shape index (κ2) is 17.5. The average Bonchev–Trinajstić information content (AvgIpc) is 3.95. The van der Waals surface area contributed by atoms with E-state index in [2.05, 4.69) is 81.1 Å². The number of likely N-dealkylation sites (tertiary alicyclic amines) is 3. The van der Waals surface area contributed by atoms with Crippen LogP contribution in [0.4, 0.5) is 0 Å². The molecule has 4 aromatic carbocycles. The minimum absolute atomic E-state index is 0.0368. The second-order valence-corrected chi connectivity index (χ2v) is 21.2. The Balaban J connectivity index is 0.000000113. The van der Waals surface area contributed by atoms with Crippen molar-refractivity contribution in [3.05, 3.63) is 194 Å². The Labute approximate surface area is 403 Å². The molecule has 6 unspecified atom stereocenters. The topological polar surface area (TPSA) is 138 Å². The van der Waals surface area contributed by atoms with Crippen molar-refractivity contribution in [3.63, 3.8) is 0 Å². The van der Waals surface area contributed by atoms with Crippen LogP contribution in [0.2, 0.25) is 0 Å². The van der Waals surface area contributed by atoms with Gasteiger partial charge in [0.25, 0.3) is 23.3 Å². The molecule has 3 N–H and O–H groups in total. The molecule has 3 aliphatic carbocycles. The number of pyridine rings is 1. The summed E-state index contributed by atoms with van der Waals surface area (Å²) in [7, 11) is 0. The normalized spacial score (nSPS) is 26.0. The molecule has 7 aromatic rings. The van der Waals surface area contributed by atoms with Gasteiger partial charge in [-0.2, -0.15) is 0 Å². The maximum absolute atomic E-state index is 13.0. The van der Waals surface area contributed by atoms with Gasteiger partial charge in [-0.05, 0) is 111 Å². The summed E-state index contributed by atoms with van der Waals surface area (Å²) in [6.07, 6.45) is 10.3. The van der Waals surface area contributed by atoms with Crippen LogP contribution in [0.5, 0.6) is 0 Å². The predicted molar refractivity (Wildman–Crippen MR) is 269 cm³/mol. The van der Waals surface area contributed by atoms with Crippen molar-refractivity contribution < 1.29 is 14.4 Å². The van der Waals surface area contributed by atoms with Gasteiger partial charge in [0.05, 0.1) is 0 Å². The zero-order valence-corrected chi connectivity index (χ0v) is 39.8. The molecule has 3 aliphatic heterocycles. The molecule has 3 fully saturated rings. The van der Waals surface area contributed by atoms with Crippen molar-refractivity contribution in [2.24, 2.45) is 0 Å². The van der Waals surface area contributed by atoms with Crippen LogP contribution in [0.15, 0.2) is 138 Å². The van der Waals surface area contributed by atoms with E-state index in [-0.39, 0.29) is 51.6 Å². The molecular weight excluding hydrogens is 859 g/mol. The van der Waals surface area contributed by atoms with Gasteiger partial charge < -0.3 is 24.8 Å². The lowest BCUT2D eigenvalue weighted by Gasteiger charge is -2.49. The first-order valence-electron chi connectivity index (χ1n) is 24.8. The molecule has 13 rings (SSSR count). The number of hydrogen-bond acceptors (Lipinski definition) is 5. The average molecular weight is 920 g/mol. The molecule has 0 saturated carbocycles. The lowest BCUT2D eigenvalue weighted by atomic mass is 9.67. The summed E-state index contributed by atoms with van der Waals surface area (Å²) < 4.78 is 0. The molecule has 11 nitrogen and oxygen atoms in total. The first-order chi connectivity index (χ1) is 33.4. The summed E-state index contributed by atoms with van der Waals surface area (Å²) >= 11 is 0. The molecule has 3 aromatic heterocycles. The summed E-state index contributed by atoms with van der Waals surface area (Å²) in [5.41, 5.74) is 11.0. The maximum atomic E-state index is 13.0. The molecule has 11 heteroatoms. The van der Waals surface area contributed by atoms with Gasteiger partial charge in [-0.1, -0.05) is 99.6 Å². The Kier molecular flexibility index (Phi) is 11.3. The van der Waals surface area contributed by atoms with Crippen LogP contribution in [-0.2, 0) is 35.5 Å². The zero-order chi connectivity index (χ0) is 47.5. The number of benzene rings is 4. The molecule has 3 amide bonds. The fraction of sp³-hybridized carbons (Fsp3) is 0.362. The number of rotatable bonds is 3. The fourth-order valence-corrected chi connectivity index (χ4v) is 13.0. The van der Waals surface area contributed by atoms with Crippen LogP contribution in [-0.4, -0.2) is 90.3 Å². The van der Waals surface area contributed by atoms with Crippen molar-refractivity contribution in [2.45, 2.75) is 113 Å². The zero-order valence-electron chi connectivity index (χ0n) is 39.8. The van der Waals surface area contributed by atoms with E-state index in [4.69, 9.17) is 0 Å². The van der Waals surface area contributed by atoms with Gasteiger partial charge in [0.1, 0.15) is 0 Å². The highest BCUT2D eigenvalue weighted by Gasteiger charge is 2.48. The van der Waals surface area contributed by atoms with Gasteiger partial charge in [0.15, 0.2) is 0 Å². The summed E-state index contributed by atoms with van der Waals surface area (Å²) in [4.78, 5) is 65.1. The minimum Gasteiger partial charge on any atom is -0.358 e. The quantitative estimate of drug-likeness (QED) is 0.162. The van der Waals surface area contributed by atoms with E-state index in [9.17, 15) is 19.2 Å². The molecule has 0 spiro atoms. The van der Waals surface area contributed by atoms with Gasteiger partial charge in [0.2, 0.25) is 0 Å². The Bertz CT molecular complexity index is 3110. The monoisotopic (exact) mass is 919 g/mol. The molecular formula is C58H61N7O4. The van der Waals surface area contributed by atoms with E-state index >= 15 is 0 Å². The SMILES string of the molecule is CC12CCN(C(=O)c3ccccc3)C(Cc3c1[nH][nH]c3=O)C2.CC12CCN(C(=O)c3ccccc3)C(Cc3c1[nH]c1ccccc31)C2.CC12CCN(C(=O)c3ccccc3)C(Cc3cccnc31)C2. The first kappa shape index (κ1) is 44.5. The largest absolute Gasteiger partial charge is 0.358 e. The summed E-state index contributed by atoms with van der Waals surface area (Å²) in [5.74, 6) is 0.416. The van der Waals surface area contributed by atoms with Crippen LogP contribution in [0.1, 0.15) is 124 Å². The number of nitrogens with zero attached hydrogens (tertiary/aromatic N) is 4. The summed E-state index contributed by atoms with van der Waals surface area (Å²) in [6.45, 7) is 9.25. The smallest absolute Gasteiger partial charge is 0.267 e. The van der Waals surface area contributed by atoms with Crippen molar-refractivity contribution in [1.29, 1.82) is 0 Å². The van der Waals surface area contributed by atoms with E-state index in [1.807, 2.05) is 108 Å². The second-order valence-electron chi connectivity index (χ2n) is 21.2. The third-order valence-corrected chi connectivity index (χ3v) is 16.6. The number of fused-ring (bicyclic) bond motifs is 14. The van der Waals surface area contributed by atoms with Crippen LogP contribution in [0, 0.1) is 0 Å². The number of para-hydroxylation sites is 1. The number of aromatic amines is 3. The number of amides is 3. The number of aromatic nitrogens is 4. The first-order valence-corrected chi connectivity index (χ1v) is 24.8. The molecule has 6 bridgehead atoms. The van der Waals surface area contributed by atoms with Gasteiger partial charge in [0, 0.05) is 117 Å². The van der Waals surface area contributed by atoms with Crippen molar-refractivity contribution in [3.8, 4) is 0 Å². The van der Waals surface area contributed by atoms with E-state index in [1.165, 1.54) is 33.4 Å². The molecule has 6 aliphatic rings. The fourth-order valence-electron chi connectivity index (χ4n) is 13.0. The van der Waals surface area contributed by atoms with Gasteiger partial charge in [-0.3, -0.25) is 29.3 Å². The number of hydrogen-bond donors (Lipinski definition) is 3. The lowest BCUT2D eigenvalue weighted by molar-refractivity contribution is 0.0475. The van der Waals surface area contributed by atoms with Gasteiger partial charge >= 0.3 is 0 Å². The summed E-state index contributed by atoms with van der Waals surface area (Å²) in [5, 5.41) is 7.09. The van der Waals surface area contributed by atoms with Crippen molar-refractivity contribution in [2.75, 3.05) is 19.6 Å². The molecule has 6 atom stereocenters. The Morgan fingerprint density at radius 3 is 1.55 bits per heavy atom. The van der Waals surface area contributed by atoms with Gasteiger partial charge in [-0.25, -0.2) is 0 Å². The molecule has 0 radical (unpaired) electrons. The number of nitrogens with one attached hydrogen (secondary N) is 3. The Hall–Kier alpha value is -7.01. The summed E-state index contributed by atoms with van der Waals surface area (Å²) in [6, 6.07) is 42.2. The van der Waals surface area contributed by atoms with E-state index in [1.54, 1.807) is 0 Å². The number of piperidine rings is 3. The van der Waals surface area contributed by atoms with Crippen LogP contribution >= 0.6 is 0 Å². The van der Waals surface area contributed by atoms with Gasteiger partial charge in [-0.15, -0.1) is 0 Å². The number of H-pyrrole nitrogens is 3. The van der Waals surface area contributed by atoms with Crippen molar-refractivity contribution in [1.82, 2.24) is 34.9 Å². The highest BCUT2D eigenvalue weighted by Crippen LogP contribution is 2.48. The van der Waals surface area contributed by atoms with Crippen LogP contribution in [0.25, 0.3) is 10.9 Å². The Morgan fingerprint density at radius 1 is 0.522 bits per heavy atom. The predicted octanol–water partition coefficient (Wildman–Crippen LogP) is 9.31. The van der Waals surface area contributed by atoms with Crippen LogP contribution in [0.3, 0.4) is 0 Å². The third kappa shape index (κ3) is 7.99. The number of carbonyl (C=O) groups excluding carboxylic acids is 3. The minimum atomic E-state index is -0.0417. The highest BCUT2D eigenvalue weighted by molar-refractivity contribution is 5.96. The van der Waals surface area contributed by atoms with E-state index in [0.717, 1.165) is 98.9 Å². The highest BCUT2D eigenvalue weighted by atomic mass is 16.2. The molecule has 69 heavy (non-hydrogen) atoms. The van der Waals surface area contributed by atoms with E-state index < -0.39 is 0 Å². The van der Waals surface area contributed by atoms with E-state index in [0.29, 0.717) is 12.5 Å². The molecule has 352 valence electrons. The third-order valence-electron chi connectivity index (χ3n) is 16.6.